The van der Waals surface area contributed by atoms with Gasteiger partial charge in [-0.1, -0.05) is 35.5 Å². The molecular formula is C28H38ClN3O3S. The van der Waals surface area contributed by atoms with Gasteiger partial charge in [0.25, 0.3) is 0 Å². The van der Waals surface area contributed by atoms with Crippen LogP contribution >= 0.6 is 23.4 Å². The first-order valence-electron chi connectivity index (χ1n) is 12.9. The fourth-order valence-electron chi connectivity index (χ4n) is 4.54. The lowest BCUT2D eigenvalue weighted by Gasteiger charge is -2.37. The van der Waals surface area contributed by atoms with E-state index in [4.69, 9.17) is 21.1 Å². The van der Waals surface area contributed by atoms with Gasteiger partial charge < -0.3 is 19.3 Å². The van der Waals surface area contributed by atoms with Crippen molar-refractivity contribution in [1.82, 2.24) is 9.80 Å². The van der Waals surface area contributed by atoms with Crippen molar-refractivity contribution in [3.05, 3.63) is 47.5 Å². The SMILES string of the molecule is CC(C)OCCC(C)(C)OC(=O)N1CCN(CCCN2c3ccccc3Sc3ccc(Cl)cc32)CC1. The number of hydrogen-bond acceptors (Lipinski definition) is 6. The van der Waals surface area contributed by atoms with Gasteiger partial charge in [0, 0.05) is 54.0 Å². The van der Waals surface area contributed by atoms with Crippen molar-refractivity contribution in [2.24, 2.45) is 0 Å². The van der Waals surface area contributed by atoms with Crippen LogP contribution in [-0.2, 0) is 9.47 Å². The third-order valence-electron chi connectivity index (χ3n) is 6.59. The Morgan fingerprint density at radius 1 is 1.03 bits per heavy atom. The van der Waals surface area contributed by atoms with Crippen molar-refractivity contribution < 1.29 is 14.3 Å². The van der Waals surface area contributed by atoms with Crippen LogP contribution < -0.4 is 4.90 Å². The zero-order chi connectivity index (χ0) is 25.7. The Morgan fingerprint density at radius 2 is 1.75 bits per heavy atom. The zero-order valence-electron chi connectivity index (χ0n) is 21.8. The zero-order valence-corrected chi connectivity index (χ0v) is 23.4. The normalized spacial score (nSPS) is 16.2. The van der Waals surface area contributed by atoms with Crippen molar-refractivity contribution in [2.45, 2.75) is 62.0 Å². The van der Waals surface area contributed by atoms with Crippen molar-refractivity contribution in [3.63, 3.8) is 0 Å². The van der Waals surface area contributed by atoms with E-state index in [-0.39, 0.29) is 12.2 Å². The molecule has 2 aromatic carbocycles. The highest BCUT2D eigenvalue weighted by atomic mass is 35.5. The number of para-hydroxylation sites is 1. The van der Waals surface area contributed by atoms with Crippen molar-refractivity contribution in [3.8, 4) is 0 Å². The maximum absolute atomic E-state index is 12.7. The van der Waals surface area contributed by atoms with Crippen molar-refractivity contribution in [1.29, 1.82) is 0 Å². The van der Waals surface area contributed by atoms with E-state index in [1.54, 1.807) is 11.8 Å². The predicted octanol–water partition coefficient (Wildman–Crippen LogP) is 6.68. The summed E-state index contributed by atoms with van der Waals surface area (Å²) in [7, 11) is 0. The van der Waals surface area contributed by atoms with Gasteiger partial charge in [-0.05, 0) is 71.0 Å². The second-order valence-corrected chi connectivity index (χ2v) is 11.8. The number of anilines is 2. The molecule has 4 rings (SSSR count). The summed E-state index contributed by atoms with van der Waals surface area (Å²) in [6.07, 6.45) is 1.67. The van der Waals surface area contributed by atoms with Gasteiger partial charge >= 0.3 is 6.09 Å². The summed E-state index contributed by atoms with van der Waals surface area (Å²) in [5.74, 6) is 0. The van der Waals surface area contributed by atoms with Crippen LogP contribution in [0.5, 0.6) is 0 Å². The molecule has 0 saturated carbocycles. The van der Waals surface area contributed by atoms with E-state index in [2.05, 4.69) is 46.2 Å². The minimum absolute atomic E-state index is 0.181. The maximum atomic E-state index is 12.7. The number of hydrogen-bond donors (Lipinski definition) is 0. The van der Waals surface area contributed by atoms with Gasteiger partial charge in [0.2, 0.25) is 0 Å². The van der Waals surface area contributed by atoms with Crippen LogP contribution in [0.3, 0.4) is 0 Å². The second kappa shape index (κ2) is 12.1. The molecular weight excluding hydrogens is 494 g/mol. The van der Waals surface area contributed by atoms with E-state index >= 15 is 0 Å². The summed E-state index contributed by atoms with van der Waals surface area (Å²) in [6.45, 7) is 13.5. The van der Waals surface area contributed by atoms with Crippen LogP contribution in [-0.4, -0.2) is 73.5 Å². The highest BCUT2D eigenvalue weighted by Gasteiger charge is 2.29. The number of rotatable bonds is 9. The molecule has 2 heterocycles. The van der Waals surface area contributed by atoms with Gasteiger partial charge in [-0.3, -0.25) is 4.90 Å². The first-order chi connectivity index (χ1) is 17.2. The lowest BCUT2D eigenvalue weighted by atomic mass is 10.1. The molecule has 8 heteroatoms. The number of carbonyl (C=O) groups excluding carboxylic acids is 1. The number of halogens is 1. The number of carbonyl (C=O) groups is 1. The van der Waals surface area contributed by atoms with Crippen LogP contribution in [0.1, 0.15) is 40.5 Å². The molecule has 2 aliphatic heterocycles. The Labute approximate surface area is 224 Å². The summed E-state index contributed by atoms with van der Waals surface area (Å²) >= 11 is 8.15. The Morgan fingerprint density at radius 3 is 2.50 bits per heavy atom. The monoisotopic (exact) mass is 531 g/mol. The van der Waals surface area contributed by atoms with Gasteiger partial charge in [0.15, 0.2) is 0 Å². The number of fused-ring (bicyclic) bond motifs is 2. The molecule has 2 aromatic rings. The van der Waals surface area contributed by atoms with Gasteiger partial charge in [0.1, 0.15) is 5.60 Å². The molecule has 1 amide bonds. The van der Waals surface area contributed by atoms with Crippen LogP contribution in [0.25, 0.3) is 0 Å². The third-order valence-corrected chi connectivity index (χ3v) is 7.96. The standard InChI is InChI=1S/C28H38ClN3O3S/c1-21(2)34-19-12-28(3,4)35-27(33)31-17-15-30(16-18-31)13-7-14-32-23-8-5-6-9-25(23)36-26-11-10-22(29)20-24(26)32/h5-6,8-11,20-21H,7,12-19H2,1-4H3. The summed E-state index contributed by atoms with van der Waals surface area (Å²) in [6, 6.07) is 14.7. The molecule has 1 saturated heterocycles. The number of benzene rings is 2. The second-order valence-electron chi connectivity index (χ2n) is 10.3. The average Bonchev–Trinajstić information content (AvgIpc) is 2.83. The smallest absolute Gasteiger partial charge is 0.410 e. The van der Waals surface area contributed by atoms with Gasteiger partial charge in [0.05, 0.1) is 24.1 Å². The number of amides is 1. The fraction of sp³-hybridized carbons (Fsp3) is 0.536. The molecule has 0 unspecified atom stereocenters. The van der Waals surface area contributed by atoms with E-state index in [1.165, 1.54) is 21.2 Å². The van der Waals surface area contributed by atoms with Crippen molar-refractivity contribution >= 4 is 40.8 Å². The van der Waals surface area contributed by atoms with Crippen LogP contribution in [0.15, 0.2) is 52.3 Å². The topological polar surface area (TPSA) is 45.3 Å². The van der Waals surface area contributed by atoms with Gasteiger partial charge in [-0.2, -0.15) is 0 Å². The highest BCUT2D eigenvalue weighted by molar-refractivity contribution is 7.99. The van der Waals surface area contributed by atoms with Crippen LogP contribution in [0.2, 0.25) is 5.02 Å². The fourth-order valence-corrected chi connectivity index (χ4v) is 5.78. The number of piperazine rings is 1. The maximum Gasteiger partial charge on any atom is 0.410 e. The Bertz CT molecular complexity index is 1040. The minimum atomic E-state index is -0.536. The summed E-state index contributed by atoms with van der Waals surface area (Å²) < 4.78 is 11.4. The average molecular weight is 532 g/mol. The molecule has 196 valence electrons. The van der Waals surface area contributed by atoms with E-state index < -0.39 is 5.60 Å². The molecule has 1 fully saturated rings. The lowest BCUT2D eigenvalue weighted by Crippen LogP contribution is -2.50. The largest absolute Gasteiger partial charge is 0.443 e. The molecule has 0 aromatic heterocycles. The van der Waals surface area contributed by atoms with E-state index in [1.807, 2.05) is 38.7 Å². The minimum Gasteiger partial charge on any atom is -0.443 e. The quantitative estimate of drug-likeness (QED) is 0.359. The Kier molecular flexibility index (Phi) is 9.10. The molecule has 36 heavy (non-hydrogen) atoms. The summed E-state index contributed by atoms with van der Waals surface area (Å²) in [5.41, 5.74) is 1.89. The lowest BCUT2D eigenvalue weighted by molar-refractivity contribution is -0.0232. The summed E-state index contributed by atoms with van der Waals surface area (Å²) in [5, 5.41) is 0.761. The summed E-state index contributed by atoms with van der Waals surface area (Å²) in [4.78, 5) is 21.9. The van der Waals surface area contributed by atoms with Crippen molar-refractivity contribution in [2.75, 3.05) is 50.8 Å². The molecule has 0 spiro atoms. The van der Waals surface area contributed by atoms with Gasteiger partial charge in [-0.15, -0.1) is 0 Å². The molecule has 0 bridgehead atoms. The molecule has 0 aliphatic carbocycles. The Balaban J connectivity index is 1.25. The number of ether oxygens (including phenoxy) is 2. The molecule has 6 nitrogen and oxygen atoms in total. The Hall–Kier alpha value is -1.93. The molecule has 0 atom stereocenters. The number of nitrogens with zero attached hydrogens (tertiary/aromatic N) is 3. The predicted molar refractivity (Wildman–Crippen MR) is 148 cm³/mol. The highest BCUT2D eigenvalue weighted by Crippen LogP contribution is 2.48. The van der Waals surface area contributed by atoms with Crippen LogP contribution in [0, 0.1) is 0 Å². The first-order valence-corrected chi connectivity index (χ1v) is 14.1. The third kappa shape index (κ3) is 7.09. The first kappa shape index (κ1) is 27.1. The van der Waals surface area contributed by atoms with E-state index in [9.17, 15) is 4.79 Å². The molecule has 2 aliphatic rings. The van der Waals surface area contributed by atoms with E-state index in [0.717, 1.165) is 37.6 Å². The molecule has 0 N–H and O–H groups in total. The van der Waals surface area contributed by atoms with Gasteiger partial charge in [-0.25, -0.2) is 4.79 Å². The molecule has 0 radical (unpaired) electrons. The van der Waals surface area contributed by atoms with Crippen LogP contribution in [0.4, 0.5) is 16.2 Å². The van der Waals surface area contributed by atoms with E-state index in [0.29, 0.717) is 26.1 Å².